The Morgan fingerprint density at radius 3 is 2.38 bits per heavy atom. The molecule has 2 atom stereocenters. The average molecular weight is 279 g/mol. The number of aldehydes is 1. The topological polar surface area (TPSA) is 38.7 Å². The van der Waals surface area contributed by atoms with Crippen molar-refractivity contribution in [3.05, 3.63) is 71.8 Å². The smallest absolute Gasteiger partial charge is 0.151 e. The van der Waals surface area contributed by atoms with Crippen LogP contribution in [0.15, 0.2) is 65.7 Å². The van der Waals surface area contributed by atoms with Gasteiger partial charge in [0.1, 0.15) is 6.10 Å². The maximum absolute atomic E-state index is 11.2. The first-order chi connectivity index (χ1) is 10.4. The van der Waals surface area contributed by atoms with Gasteiger partial charge in [0.15, 0.2) is 6.29 Å². The van der Waals surface area contributed by atoms with Crippen LogP contribution < -0.4 is 0 Å². The zero-order chi connectivity index (χ0) is 14.5. The number of carbonyl (C=O) groups excluding carboxylic acids is 1. The molecule has 0 radical (unpaired) electrons. The number of carbonyl (C=O) groups is 1. The molecule has 0 spiro atoms. The fourth-order valence-electron chi connectivity index (χ4n) is 2.53. The van der Waals surface area contributed by atoms with Gasteiger partial charge >= 0.3 is 0 Å². The lowest BCUT2D eigenvalue weighted by molar-refractivity contribution is -0.118. The Hall–Kier alpha value is -2.26. The highest BCUT2D eigenvalue weighted by atomic mass is 16.5. The van der Waals surface area contributed by atoms with Gasteiger partial charge in [0, 0.05) is 0 Å². The lowest BCUT2D eigenvalue weighted by Gasteiger charge is -2.26. The van der Waals surface area contributed by atoms with Gasteiger partial charge in [0.2, 0.25) is 0 Å². The zero-order valence-electron chi connectivity index (χ0n) is 11.7. The van der Waals surface area contributed by atoms with Gasteiger partial charge in [0.25, 0.3) is 0 Å². The number of hydrogen-bond acceptors (Lipinski definition) is 3. The summed E-state index contributed by atoms with van der Waals surface area (Å²) >= 11 is 0. The predicted octanol–water partition coefficient (Wildman–Crippen LogP) is 2.68. The van der Waals surface area contributed by atoms with Crippen LogP contribution in [0, 0.1) is 0 Å². The van der Waals surface area contributed by atoms with Crippen LogP contribution in [0.4, 0.5) is 0 Å². The Morgan fingerprint density at radius 1 is 1.05 bits per heavy atom. The van der Waals surface area contributed by atoms with E-state index >= 15 is 0 Å². The Bertz CT molecular complexity index is 622. The fraction of sp³-hybridized carbons (Fsp3) is 0.222. The van der Waals surface area contributed by atoms with Crippen LogP contribution in [0.3, 0.4) is 0 Å². The molecule has 0 aliphatic carbocycles. The molecule has 0 bridgehead atoms. The molecule has 0 fully saturated rings. The van der Waals surface area contributed by atoms with E-state index in [2.05, 4.69) is 0 Å². The van der Waals surface area contributed by atoms with Crippen molar-refractivity contribution in [3.8, 4) is 0 Å². The summed E-state index contributed by atoms with van der Waals surface area (Å²) in [6.07, 6.45) is 1.11. The number of hydrogen-bond donors (Lipinski definition) is 0. The summed E-state index contributed by atoms with van der Waals surface area (Å²) in [4.78, 5) is 16.0. The summed E-state index contributed by atoms with van der Waals surface area (Å²) in [6.45, 7) is 0.388. The summed E-state index contributed by atoms with van der Waals surface area (Å²) in [6, 6.07) is 19.9. The summed E-state index contributed by atoms with van der Waals surface area (Å²) in [5.74, 6) is 0. The molecule has 2 aromatic carbocycles. The molecule has 1 aliphatic rings. The normalized spacial score (nSPS) is 21.6. The van der Waals surface area contributed by atoms with Crippen molar-refractivity contribution in [1.82, 2.24) is 0 Å². The highest BCUT2D eigenvalue weighted by molar-refractivity contribution is 6.02. The minimum Gasteiger partial charge on any atom is -0.362 e. The minimum atomic E-state index is -0.460. The van der Waals surface area contributed by atoms with E-state index < -0.39 is 6.10 Å². The molecular weight excluding hydrogens is 262 g/mol. The minimum absolute atomic E-state index is 0.158. The highest BCUT2D eigenvalue weighted by Gasteiger charge is 2.27. The Balaban J connectivity index is 1.86. The van der Waals surface area contributed by atoms with Gasteiger partial charge in [-0.2, -0.15) is 0 Å². The first kappa shape index (κ1) is 13.7. The quantitative estimate of drug-likeness (QED) is 0.807. The molecule has 1 aliphatic heterocycles. The molecule has 0 aromatic heterocycles. The third-order valence-corrected chi connectivity index (χ3v) is 3.64. The predicted molar refractivity (Wildman–Crippen MR) is 82.7 cm³/mol. The summed E-state index contributed by atoms with van der Waals surface area (Å²) in [7, 11) is 0. The van der Waals surface area contributed by atoms with Crippen LogP contribution in [0.5, 0.6) is 0 Å². The molecule has 0 saturated heterocycles. The van der Waals surface area contributed by atoms with Crippen LogP contribution in [0.1, 0.15) is 11.1 Å². The van der Waals surface area contributed by atoms with E-state index in [0.717, 1.165) is 23.1 Å². The van der Waals surface area contributed by atoms with Crippen molar-refractivity contribution in [3.63, 3.8) is 0 Å². The SMILES string of the molecule is O=CC1OCC(c2ccccc2)=N[C@H]1Cc1ccccc1. The Morgan fingerprint density at radius 2 is 1.71 bits per heavy atom. The summed E-state index contributed by atoms with van der Waals surface area (Å²) in [5.41, 5.74) is 3.13. The molecule has 0 N–H and O–H groups in total. The van der Waals surface area contributed by atoms with Crippen LogP contribution >= 0.6 is 0 Å². The molecule has 0 amide bonds. The molecule has 0 saturated carbocycles. The van der Waals surface area contributed by atoms with Gasteiger partial charge in [-0.15, -0.1) is 0 Å². The van der Waals surface area contributed by atoms with Gasteiger partial charge < -0.3 is 9.53 Å². The lowest BCUT2D eigenvalue weighted by atomic mass is 10.00. The molecule has 3 heteroatoms. The molecule has 21 heavy (non-hydrogen) atoms. The molecule has 3 rings (SSSR count). The molecule has 3 nitrogen and oxygen atoms in total. The first-order valence-electron chi connectivity index (χ1n) is 7.10. The van der Waals surface area contributed by atoms with E-state index in [-0.39, 0.29) is 6.04 Å². The van der Waals surface area contributed by atoms with Crippen LogP contribution in [0.25, 0.3) is 0 Å². The monoisotopic (exact) mass is 279 g/mol. The average Bonchev–Trinajstić information content (AvgIpc) is 2.56. The molecule has 1 unspecified atom stereocenters. The van der Waals surface area contributed by atoms with Crippen molar-refractivity contribution >= 4 is 12.0 Å². The van der Waals surface area contributed by atoms with Gasteiger partial charge in [-0.1, -0.05) is 60.7 Å². The number of rotatable bonds is 4. The summed E-state index contributed by atoms with van der Waals surface area (Å²) < 4.78 is 5.68. The third-order valence-electron chi connectivity index (χ3n) is 3.64. The zero-order valence-corrected chi connectivity index (χ0v) is 11.7. The third kappa shape index (κ3) is 3.26. The van der Waals surface area contributed by atoms with Gasteiger partial charge in [0.05, 0.1) is 18.4 Å². The standard InChI is InChI=1S/C18H17NO2/c20-12-18-16(11-14-7-3-1-4-8-14)19-17(13-21-18)15-9-5-2-6-10-15/h1-10,12,16,18H,11,13H2/t16-,18?/m0/s1. The van der Waals surface area contributed by atoms with Gasteiger partial charge in [-0.05, 0) is 17.5 Å². The van der Waals surface area contributed by atoms with E-state index in [4.69, 9.17) is 9.73 Å². The van der Waals surface area contributed by atoms with E-state index in [9.17, 15) is 4.79 Å². The maximum atomic E-state index is 11.2. The second-order valence-electron chi connectivity index (χ2n) is 5.11. The van der Waals surface area contributed by atoms with Crippen LogP contribution in [0.2, 0.25) is 0 Å². The lowest BCUT2D eigenvalue weighted by Crippen LogP contribution is -2.38. The van der Waals surface area contributed by atoms with Crippen molar-refractivity contribution in [2.45, 2.75) is 18.6 Å². The molecule has 106 valence electrons. The summed E-state index contributed by atoms with van der Waals surface area (Å²) in [5, 5.41) is 0. The van der Waals surface area contributed by atoms with Crippen LogP contribution in [-0.2, 0) is 16.0 Å². The Labute approximate surface area is 124 Å². The van der Waals surface area contributed by atoms with Crippen molar-refractivity contribution in [1.29, 1.82) is 0 Å². The second kappa shape index (κ2) is 6.46. The van der Waals surface area contributed by atoms with Crippen molar-refractivity contribution < 1.29 is 9.53 Å². The second-order valence-corrected chi connectivity index (χ2v) is 5.11. The Kier molecular flexibility index (Phi) is 4.22. The van der Waals surface area contributed by atoms with Crippen molar-refractivity contribution in [2.75, 3.05) is 6.61 Å². The number of aliphatic imine (C=N–C) groups is 1. The highest BCUT2D eigenvalue weighted by Crippen LogP contribution is 2.17. The van der Waals surface area contributed by atoms with E-state index in [0.29, 0.717) is 13.0 Å². The molecular formula is C18H17NO2. The number of ether oxygens (including phenoxy) is 1. The fourth-order valence-corrected chi connectivity index (χ4v) is 2.53. The van der Waals surface area contributed by atoms with E-state index in [1.807, 2.05) is 60.7 Å². The van der Waals surface area contributed by atoms with Crippen LogP contribution in [-0.4, -0.2) is 30.8 Å². The first-order valence-corrected chi connectivity index (χ1v) is 7.10. The molecule has 2 aromatic rings. The number of nitrogens with zero attached hydrogens (tertiary/aromatic N) is 1. The maximum Gasteiger partial charge on any atom is 0.151 e. The largest absolute Gasteiger partial charge is 0.362 e. The van der Waals surface area contributed by atoms with E-state index in [1.165, 1.54) is 0 Å². The van der Waals surface area contributed by atoms with Gasteiger partial charge in [-0.3, -0.25) is 4.99 Å². The van der Waals surface area contributed by atoms with E-state index in [1.54, 1.807) is 0 Å². The molecule has 1 heterocycles. The van der Waals surface area contributed by atoms with Gasteiger partial charge in [-0.25, -0.2) is 0 Å². The number of benzene rings is 2. The van der Waals surface area contributed by atoms with Crippen molar-refractivity contribution in [2.24, 2.45) is 4.99 Å².